The number of likely N-dealkylation sites (N-methyl/N-ethyl adjacent to an activating group) is 1. The van der Waals surface area contributed by atoms with Crippen molar-refractivity contribution >= 4 is 26.7 Å². The Kier molecular flexibility index (Phi) is 5.04. The van der Waals surface area contributed by atoms with Gasteiger partial charge in [0, 0.05) is 30.1 Å². The molecular formula is C18H21NO6S. The summed E-state index contributed by atoms with van der Waals surface area (Å²) in [4.78, 5) is 25.5. The van der Waals surface area contributed by atoms with E-state index in [2.05, 4.69) is 0 Å². The summed E-state index contributed by atoms with van der Waals surface area (Å²) in [6, 6.07) is 6.18. The number of nitrogens with zero attached hydrogens (tertiary/aromatic N) is 1. The van der Waals surface area contributed by atoms with Crippen LogP contribution in [0.15, 0.2) is 33.5 Å². The van der Waals surface area contributed by atoms with Gasteiger partial charge in [-0.25, -0.2) is 13.2 Å². The number of hydrogen-bond donors (Lipinski definition) is 0. The van der Waals surface area contributed by atoms with E-state index in [0.717, 1.165) is 10.9 Å². The third-order valence-electron chi connectivity index (χ3n) is 4.60. The molecule has 2 heterocycles. The fourth-order valence-electron chi connectivity index (χ4n) is 3.28. The minimum Gasteiger partial charge on any atom is -0.484 e. The summed E-state index contributed by atoms with van der Waals surface area (Å²) in [5, 5.41) is 0.801. The second kappa shape index (κ2) is 7.11. The Morgan fingerprint density at radius 2 is 2.12 bits per heavy atom. The summed E-state index contributed by atoms with van der Waals surface area (Å²) < 4.78 is 34.0. The smallest absolute Gasteiger partial charge is 0.336 e. The summed E-state index contributed by atoms with van der Waals surface area (Å²) in [5.41, 5.74) is 0.760. The lowest BCUT2D eigenvalue weighted by Crippen LogP contribution is -2.43. The van der Waals surface area contributed by atoms with Crippen LogP contribution in [-0.2, 0) is 14.6 Å². The third kappa shape index (κ3) is 3.90. The largest absolute Gasteiger partial charge is 0.484 e. The number of fused-ring (bicyclic) bond motifs is 1. The van der Waals surface area contributed by atoms with E-state index in [1.165, 1.54) is 6.07 Å². The van der Waals surface area contributed by atoms with Crippen molar-refractivity contribution in [3.8, 4) is 5.75 Å². The van der Waals surface area contributed by atoms with E-state index in [1.807, 2.05) is 13.8 Å². The lowest BCUT2D eigenvalue weighted by Gasteiger charge is -2.26. The molecule has 2 aromatic rings. The van der Waals surface area contributed by atoms with Crippen LogP contribution >= 0.6 is 0 Å². The van der Waals surface area contributed by atoms with Crippen molar-refractivity contribution in [2.45, 2.75) is 26.3 Å². The van der Waals surface area contributed by atoms with Crippen LogP contribution in [0.2, 0.25) is 0 Å². The second-order valence-electron chi connectivity index (χ2n) is 6.43. The fraction of sp³-hybridized carbons (Fsp3) is 0.444. The van der Waals surface area contributed by atoms with Gasteiger partial charge in [0.05, 0.1) is 11.5 Å². The highest BCUT2D eigenvalue weighted by atomic mass is 32.2. The normalized spacial score (nSPS) is 18.8. The van der Waals surface area contributed by atoms with E-state index in [-0.39, 0.29) is 30.1 Å². The molecule has 0 bridgehead atoms. The number of hydrogen-bond acceptors (Lipinski definition) is 6. The number of aryl methyl sites for hydroxylation is 1. The second-order valence-corrected chi connectivity index (χ2v) is 8.66. The van der Waals surface area contributed by atoms with Gasteiger partial charge < -0.3 is 14.1 Å². The monoisotopic (exact) mass is 379 g/mol. The molecule has 0 spiro atoms. The molecule has 0 radical (unpaired) electrons. The van der Waals surface area contributed by atoms with Gasteiger partial charge in [0.25, 0.3) is 5.91 Å². The first-order chi connectivity index (χ1) is 12.3. The molecule has 1 amide bonds. The molecule has 1 saturated heterocycles. The Morgan fingerprint density at radius 1 is 1.35 bits per heavy atom. The molecule has 0 saturated carbocycles. The minimum atomic E-state index is -3.06. The number of sulfone groups is 1. The zero-order chi connectivity index (χ0) is 18.9. The first kappa shape index (κ1) is 18.4. The van der Waals surface area contributed by atoms with E-state index in [9.17, 15) is 18.0 Å². The maximum Gasteiger partial charge on any atom is 0.336 e. The van der Waals surface area contributed by atoms with Gasteiger partial charge in [-0.15, -0.1) is 0 Å². The zero-order valence-corrected chi connectivity index (χ0v) is 15.5. The molecule has 1 unspecified atom stereocenters. The zero-order valence-electron chi connectivity index (χ0n) is 14.7. The molecule has 8 heteroatoms. The number of benzene rings is 1. The number of amides is 1. The summed E-state index contributed by atoms with van der Waals surface area (Å²) in [5.74, 6) is 0.272. The lowest BCUT2D eigenvalue weighted by molar-refractivity contribution is -0.135. The van der Waals surface area contributed by atoms with E-state index < -0.39 is 15.5 Å². The van der Waals surface area contributed by atoms with Gasteiger partial charge >= 0.3 is 5.63 Å². The number of rotatable bonds is 5. The first-order valence-corrected chi connectivity index (χ1v) is 10.3. The highest BCUT2D eigenvalue weighted by molar-refractivity contribution is 7.91. The number of carbonyl (C=O) groups excluding carboxylic acids is 1. The summed E-state index contributed by atoms with van der Waals surface area (Å²) in [6.07, 6.45) is 0.461. The van der Waals surface area contributed by atoms with Crippen molar-refractivity contribution in [1.29, 1.82) is 0 Å². The molecule has 1 aliphatic heterocycles. The topological polar surface area (TPSA) is 93.9 Å². The standard InChI is InChI=1S/C18H21NO6S/c1-3-19(13-6-7-26(22,23)11-13)17(20)10-24-14-4-5-15-12(2)8-18(21)25-16(15)9-14/h4-5,8-9,13H,3,6-7,10-11H2,1-2H3. The molecule has 0 N–H and O–H groups in total. The van der Waals surface area contributed by atoms with Crippen molar-refractivity contribution in [2.24, 2.45) is 0 Å². The predicted molar refractivity (Wildman–Crippen MR) is 97.2 cm³/mol. The Morgan fingerprint density at radius 3 is 2.77 bits per heavy atom. The lowest BCUT2D eigenvalue weighted by atomic mass is 10.1. The maximum atomic E-state index is 12.5. The van der Waals surface area contributed by atoms with Crippen LogP contribution in [0.5, 0.6) is 5.75 Å². The molecule has 0 aliphatic carbocycles. The van der Waals surface area contributed by atoms with Crippen LogP contribution in [0.25, 0.3) is 11.0 Å². The number of ether oxygens (including phenoxy) is 1. The van der Waals surface area contributed by atoms with Gasteiger partial charge in [0.1, 0.15) is 11.3 Å². The summed E-state index contributed by atoms with van der Waals surface area (Å²) in [7, 11) is -3.06. The van der Waals surface area contributed by atoms with E-state index >= 15 is 0 Å². The molecule has 1 aromatic carbocycles. The fourth-order valence-corrected chi connectivity index (χ4v) is 5.01. The Labute approximate surface area is 151 Å². The van der Waals surface area contributed by atoms with Gasteiger partial charge in [-0.1, -0.05) is 0 Å². The Bertz CT molecular complexity index is 994. The highest BCUT2D eigenvalue weighted by Gasteiger charge is 2.33. The summed E-state index contributed by atoms with van der Waals surface area (Å²) in [6.45, 7) is 3.86. The van der Waals surface area contributed by atoms with Crippen LogP contribution in [0.1, 0.15) is 18.9 Å². The van der Waals surface area contributed by atoms with Gasteiger partial charge in [0.15, 0.2) is 16.4 Å². The molecule has 7 nitrogen and oxygen atoms in total. The number of carbonyl (C=O) groups is 1. The van der Waals surface area contributed by atoms with Crippen LogP contribution < -0.4 is 10.4 Å². The molecule has 1 fully saturated rings. The highest BCUT2D eigenvalue weighted by Crippen LogP contribution is 2.23. The quantitative estimate of drug-likeness (QED) is 0.731. The SMILES string of the molecule is CCN(C(=O)COc1ccc2c(C)cc(=O)oc2c1)C1CCS(=O)(=O)C1. The maximum absolute atomic E-state index is 12.5. The first-order valence-electron chi connectivity index (χ1n) is 8.46. The van der Waals surface area contributed by atoms with Gasteiger partial charge in [-0.2, -0.15) is 0 Å². The Hall–Kier alpha value is -2.35. The van der Waals surface area contributed by atoms with Gasteiger partial charge in [0.2, 0.25) is 0 Å². The molecular weight excluding hydrogens is 358 g/mol. The van der Waals surface area contributed by atoms with Crippen molar-refractivity contribution in [1.82, 2.24) is 4.90 Å². The van der Waals surface area contributed by atoms with Crippen LogP contribution in [0, 0.1) is 6.92 Å². The van der Waals surface area contributed by atoms with Crippen LogP contribution in [0.4, 0.5) is 0 Å². The van der Waals surface area contributed by atoms with Gasteiger partial charge in [-0.05, 0) is 38.0 Å². The third-order valence-corrected chi connectivity index (χ3v) is 6.35. The minimum absolute atomic E-state index is 0.00693. The van der Waals surface area contributed by atoms with Crippen molar-refractivity contribution in [3.63, 3.8) is 0 Å². The van der Waals surface area contributed by atoms with Crippen molar-refractivity contribution < 1.29 is 22.4 Å². The van der Waals surface area contributed by atoms with Crippen molar-refractivity contribution in [3.05, 3.63) is 40.2 Å². The average molecular weight is 379 g/mol. The molecule has 26 heavy (non-hydrogen) atoms. The van der Waals surface area contributed by atoms with Crippen LogP contribution in [-0.4, -0.2) is 49.9 Å². The summed E-state index contributed by atoms with van der Waals surface area (Å²) >= 11 is 0. The van der Waals surface area contributed by atoms with E-state index in [1.54, 1.807) is 23.1 Å². The predicted octanol–water partition coefficient (Wildman–Crippen LogP) is 1.52. The van der Waals surface area contributed by atoms with Crippen molar-refractivity contribution in [2.75, 3.05) is 24.7 Å². The van der Waals surface area contributed by atoms with Crippen LogP contribution in [0.3, 0.4) is 0 Å². The van der Waals surface area contributed by atoms with Gasteiger partial charge in [-0.3, -0.25) is 4.79 Å². The van der Waals surface area contributed by atoms with E-state index in [4.69, 9.17) is 9.15 Å². The molecule has 1 atom stereocenters. The molecule has 1 aliphatic rings. The molecule has 3 rings (SSSR count). The molecule has 1 aromatic heterocycles. The van der Waals surface area contributed by atoms with E-state index in [0.29, 0.717) is 24.3 Å². The average Bonchev–Trinajstić information content (AvgIpc) is 2.92. The Balaban J connectivity index is 1.70. The molecule has 140 valence electrons.